The number of rotatable bonds is 3. The molecule has 0 radical (unpaired) electrons. The highest BCUT2D eigenvalue weighted by Crippen LogP contribution is 2.26. The summed E-state index contributed by atoms with van der Waals surface area (Å²) in [6.07, 6.45) is 0. The van der Waals surface area contributed by atoms with Crippen LogP contribution in [0.15, 0.2) is 42.5 Å². The highest BCUT2D eigenvalue weighted by atomic mass is 19.1. The van der Waals surface area contributed by atoms with E-state index in [1.54, 1.807) is 12.1 Å². The second kappa shape index (κ2) is 6.15. The molecule has 0 spiro atoms. The molecule has 0 bridgehead atoms. The molecular weight excluding hydrogens is 283 g/mol. The third-order valence-corrected chi connectivity index (χ3v) is 3.75. The lowest BCUT2D eigenvalue weighted by molar-refractivity contribution is 0.103. The molecule has 0 aliphatic carbocycles. The van der Waals surface area contributed by atoms with Crippen LogP contribution in [0.2, 0.25) is 0 Å². The average molecular weight is 300 g/mol. The molecule has 0 amide bonds. The molecule has 3 rings (SSSR count). The number of hydrogen-bond donors (Lipinski definition) is 1. The van der Waals surface area contributed by atoms with Gasteiger partial charge in [0.2, 0.25) is 0 Å². The quantitative estimate of drug-likeness (QED) is 0.699. The van der Waals surface area contributed by atoms with Gasteiger partial charge in [0.05, 0.1) is 24.6 Å². The maximum Gasteiger partial charge on any atom is 0.193 e. The minimum Gasteiger partial charge on any atom is -0.397 e. The van der Waals surface area contributed by atoms with Crippen molar-refractivity contribution in [3.05, 3.63) is 59.4 Å². The van der Waals surface area contributed by atoms with Gasteiger partial charge in [0.1, 0.15) is 5.82 Å². The van der Waals surface area contributed by atoms with Crippen LogP contribution < -0.4 is 10.6 Å². The Labute approximate surface area is 128 Å². The van der Waals surface area contributed by atoms with E-state index in [4.69, 9.17) is 10.5 Å². The van der Waals surface area contributed by atoms with Crippen LogP contribution in [0, 0.1) is 5.82 Å². The third kappa shape index (κ3) is 2.94. The maximum atomic E-state index is 12.9. The first-order valence-electron chi connectivity index (χ1n) is 7.17. The Morgan fingerprint density at radius 3 is 2.32 bits per heavy atom. The van der Waals surface area contributed by atoms with Crippen molar-refractivity contribution in [3.63, 3.8) is 0 Å². The van der Waals surface area contributed by atoms with Crippen LogP contribution in [0.5, 0.6) is 0 Å². The lowest BCUT2D eigenvalue weighted by Crippen LogP contribution is -2.36. The van der Waals surface area contributed by atoms with Crippen molar-refractivity contribution < 1.29 is 13.9 Å². The van der Waals surface area contributed by atoms with E-state index in [-0.39, 0.29) is 11.6 Å². The van der Waals surface area contributed by atoms with E-state index in [0.29, 0.717) is 30.0 Å². The Kier molecular flexibility index (Phi) is 4.06. The molecule has 2 aromatic rings. The van der Waals surface area contributed by atoms with Gasteiger partial charge in [-0.2, -0.15) is 0 Å². The van der Waals surface area contributed by atoms with E-state index >= 15 is 0 Å². The van der Waals surface area contributed by atoms with Crippen LogP contribution in [0.1, 0.15) is 15.9 Å². The van der Waals surface area contributed by atoms with Crippen LogP contribution >= 0.6 is 0 Å². The number of benzene rings is 2. The number of morpholine rings is 1. The molecule has 1 aliphatic rings. The van der Waals surface area contributed by atoms with Gasteiger partial charge in [-0.05, 0) is 42.5 Å². The van der Waals surface area contributed by atoms with E-state index < -0.39 is 0 Å². The summed E-state index contributed by atoms with van der Waals surface area (Å²) in [5.41, 5.74) is 8.52. The number of ether oxygens (including phenoxy) is 1. The summed E-state index contributed by atoms with van der Waals surface area (Å²) in [6, 6.07) is 10.8. The first-order chi connectivity index (χ1) is 10.6. The van der Waals surface area contributed by atoms with E-state index in [1.165, 1.54) is 24.3 Å². The zero-order valence-electron chi connectivity index (χ0n) is 12.1. The highest BCUT2D eigenvalue weighted by Gasteiger charge is 2.16. The van der Waals surface area contributed by atoms with Crippen LogP contribution in [0.3, 0.4) is 0 Å². The fourth-order valence-electron chi connectivity index (χ4n) is 2.56. The summed E-state index contributed by atoms with van der Waals surface area (Å²) in [4.78, 5) is 14.5. The molecule has 0 unspecified atom stereocenters. The number of nitrogens with zero attached hydrogens (tertiary/aromatic N) is 1. The van der Waals surface area contributed by atoms with Crippen molar-refractivity contribution >= 4 is 17.2 Å². The monoisotopic (exact) mass is 300 g/mol. The van der Waals surface area contributed by atoms with Gasteiger partial charge < -0.3 is 15.4 Å². The predicted octanol–water partition coefficient (Wildman–Crippen LogP) is 2.48. The van der Waals surface area contributed by atoms with Crippen molar-refractivity contribution in [2.75, 3.05) is 36.9 Å². The number of carbonyl (C=O) groups is 1. The van der Waals surface area contributed by atoms with Gasteiger partial charge in [0, 0.05) is 24.2 Å². The largest absolute Gasteiger partial charge is 0.397 e. The summed E-state index contributed by atoms with van der Waals surface area (Å²) in [5, 5.41) is 0. The van der Waals surface area contributed by atoms with Crippen molar-refractivity contribution in [2.24, 2.45) is 0 Å². The Balaban J connectivity index is 1.84. The Bertz CT molecular complexity index is 680. The van der Waals surface area contributed by atoms with Crippen molar-refractivity contribution in [2.45, 2.75) is 0 Å². The van der Waals surface area contributed by atoms with Crippen LogP contribution in [-0.2, 0) is 4.74 Å². The fraction of sp³-hybridized carbons (Fsp3) is 0.235. The number of nitrogen functional groups attached to an aromatic ring is 1. The second-order valence-electron chi connectivity index (χ2n) is 5.21. The predicted molar refractivity (Wildman–Crippen MR) is 83.7 cm³/mol. The molecule has 1 aliphatic heterocycles. The number of halogens is 1. The van der Waals surface area contributed by atoms with Gasteiger partial charge >= 0.3 is 0 Å². The van der Waals surface area contributed by atoms with Gasteiger partial charge in [-0.15, -0.1) is 0 Å². The molecule has 5 heteroatoms. The molecule has 114 valence electrons. The van der Waals surface area contributed by atoms with Gasteiger partial charge in [0.15, 0.2) is 5.78 Å². The number of hydrogen-bond acceptors (Lipinski definition) is 4. The van der Waals surface area contributed by atoms with Crippen LogP contribution in [0.25, 0.3) is 0 Å². The molecule has 22 heavy (non-hydrogen) atoms. The van der Waals surface area contributed by atoms with Gasteiger partial charge in [-0.25, -0.2) is 4.39 Å². The molecule has 1 fully saturated rings. The molecule has 4 nitrogen and oxygen atoms in total. The average Bonchev–Trinajstić information content (AvgIpc) is 2.55. The number of carbonyl (C=O) groups excluding carboxylic acids is 1. The zero-order valence-corrected chi connectivity index (χ0v) is 12.1. The van der Waals surface area contributed by atoms with Crippen LogP contribution in [0.4, 0.5) is 15.8 Å². The Morgan fingerprint density at radius 2 is 1.68 bits per heavy atom. The zero-order chi connectivity index (χ0) is 15.5. The number of ketones is 1. The molecule has 2 N–H and O–H groups in total. The standard InChI is InChI=1S/C17H17FN2O2/c18-14-4-1-12(2-5-14)17(21)13-3-6-16(15(19)11-13)20-7-9-22-10-8-20/h1-6,11H,7-10,19H2. The summed E-state index contributed by atoms with van der Waals surface area (Å²) >= 11 is 0. The van der Waals surface area contributed by atoms with Crippen LogP contribution in [-0.4, -0.2) is 32.1 Å². The van der Waals surface area contributed by atoms with Gasteiger partial charge in [0.25, 0.3) is 0 Å². The molecule has 0 atom stereocenters. The van der Waals surface area contributed by atoms with Gasteiger partial charge in [-0.3, -0.25) is 4.79 Å². The minimum atomic E-state index is -0.362. The lowest BCUT2D eigenvalue weighted by atomic mass is 10.0. The fourth-order valence-corrected chi connectivity index (χ4v) is 2.56. The van der Waals surface area contributed by atoms with E-state index in [0.717, 1.165) is 18.8 Å². The lowest BCUT2D eigenvalue weighted by Gasteiger charge is -2.30. The summed E-state index contributed by atoms with van der Waals surface area (Å²) in [5.74, 6) is -0.529. The smallest absolute Gasteiger partial charge is 0.193 e. The molecular formula is C17H17FN2O2. The van der Waals surface area contributed by atoms with Crippen molar-refractivity contribution in [3.8, 4) is 0 Å². The number of anilines is 2. The summed E-state index contributed by atoms with van der Waals surface area (Å²) in [6.45, 7) is 2.93. The first-order valence-corrected chi connectivity index (χ1v) is 7.17. The minimum absolute atomic E-state index is 0.166. The summed E-state index contributed by atoms with van der Waals surface area (Å²) < 4.78 is 18.3. The topological polar surface area (TPSA) is 55.6 Å². The second-order valence-corrected chi connectivity index (χ2v) is 5.21. The normalized spacial score (nSPS) is 14.9. The summed E-state index contributed by atoms with van der Waals surface area (Å²) in [7, 11) is 0. The molecule has 1 heterocycles. The first kappa shape index (κ1) is 14.5. The van der Waals surface area contributed by atoms with Crippen molar-refractivity contribution in [1.29, 1.82) is 0 Å². The Morgan fingerprint density at radius 1 is 1.05 bits per heavy atom. The van der Waals surface area contributed by atoms with E-state index in [2.05, 4.69) is 4.90 Å². The highest BCUT2D eigenvalue weighted by molar-refractivity contribution is 6.09. The number of nitrogens with two attached hydrogens (primary N) is 1. The third-order valence-electron chi connectivity index (χ3n) is 3.75. The van der Waals surface area contributed by atoms with E-state index in [9.17, 15) is 9.18 Å². The Hall–Kier alpha value is -2.40. The molecule has 0 aromatic heterocycles. The van der Waals surface area contributed by atoms with Gasteiger partial charge in [-0.1, -0.05) is 0 Å². The molecule has 0 saturated carbocycles. The van der Waals surface area contributed by atoms with E-state index in [1.807, 2.05) is 6.07 Å². The molecule has 2 aromatic carbocycles. The SMILES string of the molecule is Nc1cc(C(=O)c2ccc(F)cc2)ccc1N1CCOCC1. The maximum absolute atomic E-state index is 12.9. The molecule has 1 saturated heterocycles. The van der Waals surface area contributed by atoms with Crippen molar-refractivity contribution in [1.82, 2.24) is 0 Å².